The SMILES string of the molecule is COc1ccc(/C=C(\C#N)C(=O)Nc2ccc(O)cc2)c(Cc2cccc(F)c2)c1. The molecule has 0 atom stereocenters. The average molecular weight is 402 g/mol. The van der Waals surface area contributed by atoms with Crippen molar-refractivity contribution < 1.29 is 19.0 Å². The maximum Gasteiger partial charge on any atom is 0.266 e. The lowest BCUT2D eigenvalue weighted by molar-refractivity contribution is -0.112. The summed E-state index contributed by atoms with van der Waals surface area (Å²) >= 11 is 0. The van der Waals surface area contributed by atoms with Crippen LogP contribution in [0.5, 0.6) is 11.5 Å². The fraction of sp³-hybridized carbons (Fsp3) is 0.0833. The topological polar surface area (TPSA) is 82.3 Å². The molecule has 1 amide bonds. The standard InChI is InChI=1S/C24H19FN2O3/c1-30-23-10-5-17(18(14-23)11-16-3-2-4-20(25)12-16)13-19(15-26)24(29)27-21-6-8-22(28)9-7-21/h2-10,12-14,28H,11H2,1H3,(H,27,29)/b19-13+. The lowest BCUT2D eigenvalue weighted by Crippen LogP contribution is -2.13. The van der Waals surface area contributed by atoms with Crippen LogP contribution in [0.1, 0.15) is 16.7 Å². The number of aromatic hydroxyl groups is 1. The van der Waals surface area contributed by atoms with Crippen molar-refractivity contribution in [2.75, 3.05) is 12.4 Å². The van der Waals surface area contributed by atoms with Gasteiger partial charge in [-0.25, -0.2) is 4.39 Å². The van der Waals surface area contributed by atoms with Gasteiger partial charge in [0.15, 0.2) is 0 Å². The van der Waals surface area contributed by atoms with E-state index in [-0.39, 0.29) is 17.1 Å². The van der Waals surface area contributed by atoms with E-state index < -0.39 is 5.91 Å². The molecule has 3 aromatic rings. The van der Waals surface area contributed by atoms with E-state index in [9.17, 15) is 19.6 Å². The van der Waals surface area contributed by atoms with Gasteiger partial charge in [0.05, 0.1) is 7.11 Å². The van der Waals surface area contributed by atoms with Crippen molar-refractivity contribution in [1.29, 1.82) is 5.26 Å². The molecule has 150 valence electrons. The van der Waals surface area contributed by atoms with Crippen LogP contribution in [0.4, 0.5) is 10.1 Å². The van der Waals surface area contributed by atoms with Crippen molar-refractivity contribution in [3.05, 3.63) is 94.8 Å². The summed E-state index contributed by atoms with van der Waals surface area (Å²) in [7, 11) is 1.54. The van der Waals surface area contributed by atoms with Gasteiger partial charge >= 0.3 is 0 Å². The number of nitrogens with zero attached hydrogens (tertiary/aromatic N) is 1. The number of anilines is 1. The van der Waals surface area contributed by atoms with Crippen LogP contribution in [0.25, 0.3) is 6.08 Å². The minimum atomic E-state index is -0.573. The van der Waals surface area contributed by atoms with Crippen molar-refractivity contribution in [2.45, 2.75) is 6.42 Å². The highest BCUT2D eigenvalue weighted by atomic mass is 19.1. The minimum Gasteiger partial charge on any atom is -0.508 e. The van der Waals surface area contributed by atoms with Gasteiger partial charge in [0.25, 0.3) is 5.91 Å². The summed E-state index contributed by atoms with van der Waals surface area (Å²) in [6.07, 6.45) is 1.89. The summed E-state index contributed by atoms with van der Waals surface area (Å²) in [5.74, 6) is -0.218. The lowest BCUT2D eigenvalue weighted by Gasteiger charge is -2.10. The van der Waals surface area contributed by atoms with E-state index in [4.69, 9.17) is 4.74 Å². The Kier molecular flexibility index (Phi) is 6.46. The average Bonchev–Trinajstić information content (AvgIpc) is 2.74. The molecule has 0 aliphatic heterocycles. The number of benzene rings is 3. The Morgan fingerprint density at radius 3 is 2.60 bits per heavy atom. The van der Waals surface area contributed by atoms with Crippen molar-refractivity contribution >= 4 is 17.7 Å². The normalized spacial score (nSPS) is 10.9. The lowest BCUT2D eigenvalue weighted by atomic mass is 9.97. The second kappa shape index (κ2) is 9.39. The first-order valence-electron chi connectivity index (χ1n) is 9.12. The molecule has 5 nitrogen and oxygen atoms in total. The predicted octanol–water partition coefficient (Wildman–Crippen LogP) is 4.68. The van der Waals surface area contributed by atoms with Crippen molar-refractivity contribution in [2.24, 2.45) is 0 Å². The molecule has 0 radical (unpaired) electrons. The summed E-state index contributed by atoms with van der Waals surface area (Å²) in [6.45, 7) is 0. The van der Waals surface area contributed by atoms with Gasteiger partial charge in [-0.1, -0.05) is 18.2 Å². The Bertz CT molecular complexity index is 1130. The molecule has 0 heterocycles. The Morgan fingerprint density at radius 1 is 1.17 bits per heavy atom. The van der Waals surface area contributed by atoms with Crippen LogP contribution in [-0.4, -0.2) is 18.1 Å². The number of hydrogen-bond donors (Lipinski definition) is 2. The van der Waals surface area contributed by atoms with Crippen LogP contribution >= 0.6 is 0 Å². The second-order valence-corrected chi connectivity index (χ2v) is 6.54. The maximum absolute atomic E-state index is 13.6. The van der Waals surface area contributed by atoms with Crippen LogP contribution in [-0.2, 0) is 11.2 Å². The van der Waals surface area contributed by atoms with Gasteiger partial charge in [-0.15, -0.1) is 0 Å². The number of halogens is 1. The molecule has 0 spiro atoms. The zero-order valence-electron chi connectivity index (χ0n) is 16.2. The van der Waals surface area contributed by atoms with Gasteiger partial charge in [0.2, 0.25) is 0 Å². The third-order valence-corrected chi connectivity index (χ3v) is 4.42. The Morgan fingerprint density at radius 2 is 1.93 bits per heavy atom. The Balaban J connectivity index is 1.92. The molecule has 0 aliphatic carbocycles. The first-order valence-corrected chi connectivity index (χ1v) is 9.12. The highest BCUT2D eigenvalue weighted by molar-refractivity contribution is 6.09. The number of carbonyl (C=O) groups excluding carboxylic acids is 1. The molecule has 30 heavy (non-hydrogen) atoms. The third kappa shape index (κ3) is 5.24. The summed E-state index contributed by atoms with van der Waals surface area (Å²) in [5.41, 5.74) is 2.55. The second-order valence-electron chi connectivity index (χ2n) is 6.54. The van der Waals surface area contributed by atoms with E-state index in [0.717, 1.165) is 11.1 Å². The molecular formula is C24H19FN2O3. The molecule has 0 fully saturated rings. The van der Waals surface area contributed by atoms with Crippen LogP contribution < -0.4 is 10.1 Å². The fourth-order valence-corrected chi connectivity index (χ4v) is 2.92. The van der Waals surface area contributed by atoms with E-state index in [2.05, 4.69) is 5.32 Å². The zero-order chi connectivity index (χ0) is 21.5. The number of hydrogen-bond acceptors (Lipinski definition) is 4. The number of amides is 1. The summed E-state index contributed by atoms with van der Waals surface area (Å²) in [5, 5.41) is 21.5. The number of nitriles is 1. The molecule has 0 bridgehead atoms. The molecule has 6 heteroatoms. The smallest absolute Gasteiger partial charge is 0.266 e. The molecular weight excluding hydrogens is 383 g/mol. The number of phenolic OH excluding ortho intramolecular Hbond substituents is 1. The van der Waals surface area contributed by atoms with Crippen molar-refractivity contribution in [1.82, 2.24) is 0 Å². The first-order chi connectivity index (χ1) is 14.5. The first kappa shape index (κ1) is 20.6. The number of nitrogens with one attached hydrogen (secondary N) is 1. The van der Waals surface area contributed by atoms with E-state index in [0.29, 0.717) is 23.4 Å². The van der Waals surface area contributed by atoms with Gasteiger partial charge < -0.3 is 15.2 Å². The maximum atomic E-state index is 13.6. The Hall–Kier alpha value is -4.11. The van der Waals surface area contributed by atoms with Crippen molar-refractivity contribution in [3.8, 4) is 17.6 Å². The monoisotopic (exact) mass is 402 g/mol. The molecule has 0 saturated carbocycles. The molecule has 3 rings (SSSR count). The largest absolute Gasteiger partial charge is 0.508 e. The zero-order valence-corrected chi connectivity index (χ0v) is 16.2. The number of methoxy groups -OCH3 is 1. The van der Waals surface area contributed by atoms with Crippen LogP contribution in [0, 0.1) is 17.1 Å². The Labute approximate surface area is 173 Å². The molecule has 2 N–H and O–H groups in total. The molecule has 0 unspecified atom stereocenters. The van der Waals surface area contributed by atoms with Crippen LogP contribution in [0.15, 0.2) is 72.3 Å². The fourth-order valence-electron chi connectivity index (χ4n) is 2.92. The van der Waals surface area contributed by atoms with Gasteiger partial charge in [0, 0.05) is 5.69 Å². The molecule has 0 aliphatic rings. The van der Waals surface area contributed by atoms with E-state index in [1.807, 2.05) is 6.07 Å². The van der Waals surface area contributed by atoms with Gasteiger partial charge in [-0.05, 0) is 77.7 Å². The molecule has 3 aromatic carbocycles. The van der Waals surface area contributed by atoms with Gasteiger partial charge in [-0.2, -0.15) is 5.26 Å². The van der Waals surface area contributed by atoms with Gasteiger partial charge in [0.1, 0.15) is 29.0 Å². The number of rotatable bonds is 6. The quantitative estimate of drug-likeness (QED) is 0.356. The van der Waals surface area contributed by atoms with Crippen molar-refractivity contribution in [3.63, 3.8) is 0 Å². The molecule has 0 saturated heterocycles. The van der Waals surface area contributed by atoms with Gasteiger partial charge in [-0.3, -0.25) is 4.79 Å². The summed E-state index contributed by atoms with van der Waals surface area (Å²) < 4.78 is 18.8. The van der Waals surface area contributed by atoms with E-state index >= 15 is 0 Å². The van der Waals surface area contributed by atoms with Crippen LogP contribution in [0.3, 0.4) is 0 Å². The number of phenols is 1. The van der Waals surface area contributed by atoms with E-state index in [1.165, 1.54) is 42.5 Å². The third-order valence-electron chi connectivity index (χ3n) is 4.42. The number of ether oxygens (including phenoxy) is 1. The predicted molar refractivity (Wildman–Crippen MR) is 113 cm³/mol. The minimum absolute atomic E-state index is 0.0734. The number of carbonyl (C=O) groups is 1. The summed E-state index contributed by atoms with van der Waals surface area (Å²) in [6, 6.07) is 19.4. The highest BCUT2D eigenvalue weighted by Crippen LogP contribution is 2.24. The highest BCUT2D eigenvalue weighted by Gasteiger charge is 2.12. The van der Waals surface area contributed by atoms with E-state index in [1.54, 1.807) is 37.4 Å². The molecule has 0 aromatic heterocycles. The summed E-state index contributed by atoms with van der Waals surface area (Å²) in [4.78, 5) is 12.5. The van der Waals surface area contributed by atoms with Crippen LogP contribution in [0.2, 0.25) is 0 Å².